The van der Waals surface area contributed by atoms with Crippen LogP contribution < -0.4 is 16.2 Å². The number of nitrogens with one attached hydrogen (secondary N) is 3. The molecule has 1 aromatic heterocycles. The number of halogens is 1. The summed E-state index contributed by atoms with van der Waals surface area (Å²) in [5.41, 5.74) is 8.03. The van der Waals surface area contributed by atoms with E-state index < -0.39 is 0 Å². The molecule has 1 saturated heterocycles. The molecular formula is C16H17ClN4O. The number of carbonyl (C=O) groups excluding carboxylic acids is 1. The number of hydrazine groups is 1. The number of hydrogen-bond donors (Lipinski definition) is 3. The van der Waals surface area contributed by atoms with E-state index in [0.29, 0.717) is 18.1 Å². The lowest BCUT2D eigenvalue weighted by Gasteiger charge is -2.18. The molecule has 2 heterocycles. The van der Waals surface area contributed by atoms with Gasteiger partial charge >= 0.3 is 0 Å². The number of aromatic nitrogens is 1. The largest absolute Gasteiger partial charge is 0.350 e. The molecule has 0 saturated carbocycles. The van der Waals surface area contributed by atoms with E-state index in [1.54, 1.807) is 6.20 Å². The summed E-state index contributed by atoms with van der Waals surface area (Å²) in [5.74, 6) is -0.199. The first-order valence-corrected chi connectivity index (χ1v) is 7.53. The van der Waals surface area contributed by atoms with Crippen molar-refractivity contribution >= 4 is 17.5 Å². The number of nitrogens with zero attached hydrogens (tertiary/aromatic N) is 1. The Morgan fingerprint density at radius 1 is 1.32 bits per heavy atom. The quantitative estimate of drug-likeness (QED) is 0.805. The van der Waals surface area contributed by atoms with Crippen molar-refractivity contribution in [1.29, 1.82) is 0 Å². The van der Waals surface area contributed by atoms with E-state index >= 15 is 0 Å². The molecule has 1 aliphatic heterocycles. The molecule has 1 fully saturated rings. The fourth-order valence-electron chi connectivity index (χ4n) is 2.57. The zero-order chi connectivity index (χ0) is 15.4. The average molecular weight is 317 g/mol. The van der Waals surface area contributed by atoms with Crippen LogP contribution in [-0.4, -0.2) is 17.4 Å². The number of amides is 1. The predicted molar refractivity (Wildman–Crippen MR) is 84.9 cm³/mol. The Hall–Kier alpha value is -1.95. The number of benzene rings is 1. The van der Waals surface area contributed by atoms with Crippen LogP contribution in [0, 0.1) is 5.92 Å². The van der Waals surface area contributed by atoms with E-state index in [4.69, 9.17) is 11.6 Å². The summed E-state index contributed by atoms with van der Waals surface area (Å²) >= 11 is 6.03. The highest BCUT2D eigenvalue weighted by Crippen LogP contribution is 2.26. The maximum atomic E-state index is 12.4. The van der Waals surface area contributed by atoms with Gasteiger partial charge in [0.25, 0.3) is 0 Å². The highest BCUT2D eigenvalue weighted by molar-refractivity contribution is 6.30. The standard InChI is InChI=1S/C16H17ClN4O/c17-12-5-3-4-11(8-12)15-14(10-20-21-15)16(22)19-9-13-6-1-2-7-18-13/h1-8,14-15,20-21H,9-10H2,(H,19,22). The Bertz CT molecular complexity index is 650. The van der Waals surface area contributed by atoms with E-state index in [9.17, 15) is 4.79 Å². The fourth-order valence-corrected chi connectivity index (χ4v) is 2.77. The summed E-state index contributed by atoms with van der Waals surface area (Å²) in [5, 5.41) is 3.61. The van der Waals surface area contributed by atoms with Crippen LogP contribution in [0.4, 0.5) is 0 Å². The van der Waals surface area contributed by atoms with Gasteiger partial charge in [0.1, 0.15) is 0 Å². The molecule has 0 bridgehead atoms. The summed E-state index contributed by atoms with van der Waals surface area (Å²) in [6.07, 6.45) is 1.72. The van der Waals surface area contributed by atoms with Crippen LogP contribution in [0.5, 0.6) is 0 Å². The normalized spacial score (nSPS) is 20.8. The molecule has 0 spiro atoms. The number of pyridine rings is 1. The Labute approximate surface area is 134 Å². The number of carbonyl (C=O) groups is 1. The minimum absolute atomic E-state index is 0.00636. The van der Waals surface area contributed by atoms with Crippen LogP contribution in [0.1, 0.15) is 17.3 Å². The Balaban J connectivity index is 1.66. The molecule has 3 N–H and O–H groups in total. The SMILES string of the molecule is O=C(NCc1ccccn1)C1CNNC1c1cccc(Cl)c1. The third-order valence-electron chi connectivity index (χ3n) is 3.70. The second kappa shape index (κ2) is 6.87. The summed E-state index contributed by atoms with van der Waals surface area (Å²) in [7, 11) is 0. The molecule has 1 aromatic carbocycles. The fraction of sp³-hybridized carbons (Fsp3) is 0.250. The molecular weight excluding hydrogens is 300 g/mol. The van der Waals surface area contributed by atoms with Gasteiger partial charge < -0.3 is 5.32 Å². The van der Waals surface area contributed by atoms with Crippen molar-refractivity contribution in [3.05, 3.63) is 64.9 Å². The molecule has 22 heavy (non-hydrogen) atoms. The van der Waals surface area contributed by atoms with Crippen molar-refractivity contribution in [2.24, 2.45) is 5.92 Å². The second-order valence-corrected chi connectivity index (χ2v) is 5.64. The Morgan fingerprint density at radius 2 is 2.23 bits per heavy atom. The molecule has 2 unspecified atom stereocenters. The molecule has 1 aliphatic rings. The number of hydrogen-bond acceptors (Lipinski definition) is 4. The first-order valence-electron chi connectivity index (χ1n) is 7.15. The maximum Gasteiger partial charge on any atom is 0.226 e. The van der Waals surface area contributed by atoms with Crippen LogP contribution in [-0.2, 0) is 11.3 Å². The summed E-state index contributed by atoms with van der Waals surface area (Å²) in [4.78, 5) is 16.6. The first kappa shape index (κ1) is 15.0. The van der Waals surface area contributed by atoms with Gasteiger partial charge in [-0.25, -0.2) is 5.43 Å². The highest BCUT2D eigenvalue weighted by atomic mass is 35.5. The van der Waals surface area contributed by atoms with Gasteiger partial charge in [0, 0.05) is 17.8 Å². The van der Waals surface area contributed by atoms with Gasteiger partial charge in [-0.15, -0.1) is 0 Å². The van der Waals surface area contributed by atoms with Gasteiger partial charge in [-0.05, 0) is 29.8 Å². The zero-order valence-electron chi connectivity index (χ0n) is 11.9. The minimum atomic E-state index is -0.192. The molecule has 2 aromatic rings. The molecule has 6 heteroatoms. The first-order chi connectivity index (χ1) is 10.7. The number of rotatable bonds is 4. The smallest absolute Gasteiger partial charge is 0.226 e. The predicted octanol–water partition coefficient (Wildman–Crippen LogP) is 1.82. The lowest BCUT2D eigenvalue weighted by Crippen LogP contribution is -2.34. The molecule has 3 rings (SSSR count). The Kier molecular flexibility index (Phi) is 4.68. The van der Waals surface area contributed by atoms with Gasteiger partial charge in [0.15, 0.2) is 0 Å². The third kappa shape index (κ3) is 3.44. The highest BCUT2D eigenvalue weighted by Gasteiger charge is 2.33. The van der Waals surface area contributed by atoms with Crippen LogP contribution in [0.2, 0.25) is 5.02 Å². The van der Waals surface area contributed by atoms with Crippen molar-refractivity contribution in [3.8, 4) is 0 Å². The van der Waals surface area contributed by atoms with Gasteiger partial charge in [0.05, 0.1) is 24.2 Å². The van der Waals surface area contributed by atoms with Crippen LogP contribution >= 0.6 is 11.6 Å². The van der Waals surface area contributed by atoms with E-state index in [1.807, 2.05) is 42.5 Å². The third-order valence-corrected chi connectivity index (χ3v) is 3.93. The molecule has 5 nitrogen and oxygen atoms in total. The molecule has 0 radical (unpaired) electrons. The van der Waals surface area contributed by atoms with Crippen LogP contribution in [0.25, 0.3) is 0 Å². The summed E-state index contributed by atoms with van der Waals surface area (Å²) in [6.45, 7) is 1.00. The van der Waals surface area contributed by atoms with Crippen molar-refractivity contribution in [3.63, 3.8) is 0 Å². The van der Waals surface area contributed by atoms with Crippen molar-refractivity contribution < 1.29 is 4.79 Å². The topological polar surface area (TPSA) is 66.0 Å². The molecule has 0 aliphatic carbocycles. The minimum Gasteiger partial charge on any atom is -0.350 e. The van der Waals surface area contributed by atoms with Gasteiger partial charge in [-0.1, -0.05) is 29.8 Å². The molecule has 2 atom stereocenters. The van der Waals surface area contributed by atoms with E-state index in [1.165, 1.54) is 0 Å². The summed E-state index contributed by atoms with van der Waals surface area (Å²) < 4.78 is 0. The van der Waals surface area contributed by atoms with Gasteiger partial charge in [-0.3, -0.25) is 15.2 Å². The maximum absolute atomic E-state index is 12.4. The lowest BCUT2D eigenvalue weighted by molar-refractivity contribution is -0.125. The average Bonchev–Trinajstić information content (AvgIpc) is 3.03. The zero-order valence-corrected chi connectivity index (χ0v) is 12.7. The van der Waals surface area contributed by atoms with E-state index in [0.717, 1.165) is 11.3 Å². The van der Waals surface area contributed by atoms with E-state index in [-0.39, 0.29) is 17.9 Å². The van der Waals surface area contributed by atoms with Gasteiger partial charge in [-0.2, -0.15) is 0 Å². The van der Waals surface area contributed by atoms with Crippen molar-refractivity contribution in [1.82, 2.24) is 21.2 Å². The van der Waals surface area contributed by atoms with Crippen molar-refractivity contribution in [2.45, 2.75) is 12.6 Å². The van der Waals surface area contributed by atoms with Crippen molar-refractivity contribution in [2.75, 3.05) is 6.54 Å². The Morgan fingerprint density at radius 3 is 3.00 bits per heavy atom. The lowest BCUT2D eigenvalue weighted by atomic mass is 9.94. The van der Waals surface area contributed by atoms with Gasteiger partial charge in [0.2, 0.25) is 5.91 Å². The molecule has 114 valence electrons. The van der Waals surface area contributed by atoms with Crippen LogP contribution in [0.3, 0.4) is 0 Å². The molecule has 1 amide bonds. The monoisotopic (exact) mass is 316 g/mol. The van der Waals surface area contributed by atoms with Crippen LogP contribution in [0.15, 0.2) is 48.7 Å². The second-order valence-electron chi connectivity index (χ2n) is 5.20. The van der Waals surface area contributed by atoms with E-state index in [2.05, 4.69) is 21.2 Å². The summed E-state index contributed by atoms with van der Waals surface area (Å²) in [6, 6.07) is 13.1.